The number of allylic oxidation sites excluding steroid dienone is 1. The van der Waals surface area contributed by atoms with Gasteiger partial charge in [-0.1, -0.05) is 0 Å². The molecule has 0 atom stereocenters. The van der Waals surface area contributed by atoms with Gasteiger partial charge >= 0.3 is 6.01 Å². The van der Waals surface area contributed by atoms with E-state index in [4.69, 9.17) is 20.3 Å². The molecule has 3 heterocycles. The number of ether oxygens (including phenoxy) is 2. The largest absolute Gasteiger partial charge is 0.467 e. The monoisotopic (exact) mass is 413 g/mol. The average Bonchev–Trinajstić information content (AvgIpc) is 3.01. The van der Waals surface area contributed by atoms with Crippen molar-refractivity contribution < 1.29 is 9.47 Å². The van der Waals surface area contributed by atoms with Crippen LogP contribution in [0.4, 0.5) is 5.69 Å². The number of aromatic nitrogens is 2. The molecule has 2 aliphatic rings. The van der Waals surface area contributed by atoms with Gasteiger partial charge in [-0.15, -0.1) is 0 Å². The van der Waals surface area contributed by atoms with E-state index >= 15 is 0 Å². The predicted octanol–water partition coefficient (Wildman–Crippen LogP) is 2.10. The summed E-state index contributed by atoms with van der Waals surface area (Å²) in [5.74, 6) is 0.623. The molecule has 1 aromatic rings. The first-order chi connectivity index (χ1) is 14.7. The summed E-state index contributed by atoms with van der Waals surface area (Å²) in [6.07, 6.45) is 9.91. The van der Waals surface area contributed by atoms with Gasteiger partial charge in [0.05, 0.1) is 44.1 Å². The summed E-state index contributed by atoms with van der Waals surface area (Å²) in [5.41, 5.74) is 3.44. The summed E-state index contributed by atoms with van der Waals surface area (Å²) in [6, 6.07) is 0.289. The number of anilines is 1. The number of piperidine rings is 1. The fourth-order valence-corrected chi connectivity index (χ4v) is 3.59. The van der Waals surface area contributed by atoms with E-state index in [-0.39, 0.29) is 6.01 Å². The Morgan fingerprint density at radius 3 is 2.70 bits per heavy atom. The minimum absolute atomic E-state index is 0.289. The van der Waals surface area contributed by atoms with Crippen LogP contribution >= 0.6 is 0 Å². The van der Waals surface area contributed by atoms with Gasteiger partial charge in [0.15, 0.2) is 0 Å². The molecule has 0 aliphatic carbocycles. The van der Waals surface area contributed by atoms with Gasteiger partial charge < -0.3 is 36.2 Å². The molecule has 2 aliphatic heterocycles. The molecule has 0 aromatic carbocycles. The Morgan fingerprint density at radius 1 is 1.27 bits per heavy atom. The standard InChI is InChI=1S/C21H31N7O2/c1-29-21-26-13-17(14-27-21)28-20(18-4-8-30-9-5-19(18)23)16(10-22)12-25-11-15-2-6-24-7-3-15/h10,12-15,22-25,28H,2-9,11H2,1H3/b16-12+,20-18-,22-10?,23-19?. The highest BCUT2D eigenvalue weighted by Gasteiger charge is 2.19. The molecule has 0 bridgehead atoms. The van der Waals surface area contributed by atoms with Gasteiger partial charge in [-0.2, -0.15) is 0 Å². The van der Waals surface area contributed by atoms with E-state index in [1.807, 2.05) is 6.20 Å². The zero-order chi connectivity index (χ0) is 21.2. The zero-order valence-corrected chi connectivity index (χ0v) is 17.5. The van der Waals surface area contributed by atoms with Crippen LogP contribution in [0.2, 0.25) is 0 Å². The number of hydrogen-bond acceptors (Lipinski definition) is 9. The van der Waals surface area contributed by atoms with E-state index in [2.05, 4.69) is 25.9 Å². The third-order valence-corrected chi connectivity index (χ3v) is 5.31. The Balaban J connectivity index is 1.84. The second-order valence-corrected chi connectivity index (χ2v) is 7.37. The molecule has 9 nitrogen and oxygen atoms in total. The molecule has 2 saturated heterocycles. The number of methoxy groups -OCH3 is 1. The summed E-state index contributed by atoms with van der Waals surface area (Å²) in [7, 11) is 1.52. The second-order valence-electron chi connectivity index (χ2n) is 7.37. The molecule has 1 aromatic heterocycles. The molecule has 0 unspecified atom stereocenters. The van der Waals surface area contributed by atoms with Gasteiger partial charge in [-0.05, 0) is 43.8 Å². The molecule has 0 amide bonds. The number of rotatable bonds is 8. The number of nitrogens with zero attached hydrogens (tertiary/aromatic N) is 2. The lowest BCUT2D eigenvalue weighted by Crippen LogP contribution is -2.32. The minimum Gasteiger partial charge on any atom is -0.467 e. The second kappa shape index (κ2) is 11.4. The fourth-order valence-electron chi connectivity index (χ4n) is 3.59. The van der Waals surface area contributed by atoms with E-state index < -0.39 is 0 Å². The Morgan fingerprint density at radius 2 is 2.00 bits per heavy atom. The molecular weight excluding hydrogens is 382 g/mol. The van der Waals surface area contributed by atoms with Crippen LogP contribution in [0.15, 0.2) is 35.4 Å². The maximum Gasteiger partial charge on any atom is 0.316 e. The Hall–Kier alpha value is -2.78. The van der Waals surface area contributed by atoms with Crippen LogP contribution in [0.3, 0.4) is 0 Å². The first-order valence-corrected chi connectivity index (χ1v) is 10.4. The zero-order valence-electron chi connectivity index (χ0n) is 17.5. The highest BCUT2D eigenvalue weighted by Crippen LogP contribution is 2.23. The van der Waals surface area contributed by atoms with Crippen molar-refractivity contribution in [2.75, 3.05) is 45.3 Å². The van der Waals surface area contributed by atoms with Gasteiger partial charge in [-0.25, -0.2) is 9.97 Å². The lowest BCUT2D eigenvalue weighted by molar-refractivity contribution is 0.150. The van der Waals surface area contributed by atoms with Crippen LogP contribution in [-0.4, -0.2) is 61.9 Å². The smallest absolute Gasteiger partial charge is 0.316 e. The van der Waals surface area contributed by atoms with Crippen LogP contribution in [-0.2, 0) is 4.74 Å². The van der Waals surface area contributed by atoms with Crippen molar-refractivity contribution in [1.29, 1.82) is 10.8 Å². The lowest BCUT2D eigenvalue weighted by atomic mass is 9.97. The predicted molar refractivity (Wildman–Crippen MR) is 117 cm³/mol. The van der Waals surface area contributed by atoms with Gasteiger partial charge in [0.1, 0.15) is 0 Å². The van der Waals surface area contributed by atoms with Gasteiger partial charge in [0, 0.05) is 36.7 Å². The summed E-state index contributed by atoms with van der Waals surface area (Å²) in [5, 5.41) is 26.6. The van der Waals surface area contributed by atoms with Gasteiger partial charge in [-0.3, -0.25) is 0 Å². The average molecular weight is 414 g/mol. The summed E-state index contributed by atoms with van der Waals surface area (Å²) < 4.78 is 10.6. The van der Waals surface area contributed by atoms with E-state index in [9.17, 15) is 0 Å². The van der Waals surface area contributed by atoms with E-state index in [0.717, 1.165) is 38.0 Å². The van der Waals surface area contributed by atoms with E-state index in [0.29, 0.717) is 54.6 Å². The van der Waals surface area contributed by atoms with Crippen LogP contribution in [0, 0.1) is 16.7 Å². The van der Waals surface area contributed by atoms with Gasteiger partial charge in [0.25, 0.3) is 0 Å². The van der Waals surface area contributed by atoms with Crippen LogP contribution in [0.1, 0.15) is 25.7 Å². The molecule has 3 rings (SSSR count). The summed E-state index contributed by atoms with van der Waals surface area (Å²) in [6.45, 7) is 4.07. The molecule has 2 fully saturated rings. The van der Waals surface area contributed by atoms with Crippen molar-refractivity contribution in [3.05, 3.63) is 35.4 Å². The molecule has 5 N–H and O–H groups in total. The molecular formula is C21H31N7O2. The van der Waals surface area contributed by atoms with Gasteiger partial charge in [0.2, 0.25) is 0 Å². The van der Waals surface area contributed by atoms with Crippen molar-refractivity contribution in [2.24, 2.45) is 5.92 Å². The fraction of sp³-hybridized carbons (Fsp3) is 0.524. The quantitative estimate of drug-likeness (QED) is 0.413. The van der Waals surface area contributed by atoms with Crippen molar-refractivity contribution in [1.82, 2.24) is 20.6 Å². The van der Waals surface area contributed by atoms with Crippen molar-refractivity contribution >= 4 is 17.6 Å². The van der Waals surface area contributed by atoms with Crippen molar-refractivity contribution in [3.63, 3.8) is 0 Å². The Kier molecular flexibility index (Phi) is 8.34. The maximum absolute atomic E-state index is 8.49. The summed E-state index contributed by atoms with van der Waals surface area (Å²) in [4.78, 5) is 8.29. The van der Waals surface area contributed by atoms with E-state index in [1.54, 1.807) is 12.4 Å². The highest BCUT2D eigenvalue weighted by molar-refractivity contribution is 6.02. The SMILES string of the molecule is COc1ncc(NC(/C(C=N)=C/NCC2CCNCC2)=C2/CCOCCC2=N)cn1. The minimum atomic E-state index is 0.289. The normalized spacial score (nSPS) is 20.3. The Labute approximate surface area is 177 Å². The van der Waals surface area contributed by atoms with E-state index in [1.165, 1.54) is 13.3 Å². The lowest BCUT2D eigenvalue weighted by Gasteiger charge is -2.23. The third-order valence-electron chi connectivity index (χ3n) is 5.31. The third kappa shape index (κ3) is 6.11. The van der Waals surface area contributed by atoms with Crippen LogP contribution < -0.4 is 20.7 Å². The molecule has 0 radical (unpaired) electrons. The van der Waals surface area contributed by atoms with Crippen LogP contribution in [0.25, 0.3) is 0 Å². The maximum atomic E-state index is 8.49. The summed E-state index contributed by atoms with van der Waals surface area (Å²) >= 11 is 0. The highest BCUT2D eigenvalue weighted by atomic mass is 16.5. The molecule has 0 saturated carbocycles. The molecule has 162 valence electrons. The molecule has 0 spiro atoms. The molecule has 30 heavy (non-hydrogen) atoms. The van der Waals surface area contributed by atoms with Crippen molar-refractivity contribution in [3.8, 4) is 6.01 Å². The van der Waals surface area contributed by atoms with Crippen molar-refractivity contribution in [2.45, 2.75) is 25.7 Å². The number of nitrogens with one attached hydrogen (secondary N) is 5. The first kappa shape index (κ1) is 21.9. The van der Waals surface area contributed by atoms with Crippen LogP contribution in [0.5, 0.6) is 6.01 Å². The first-order valence-electron chi connectivity index (χ1n) is 10.4. The topological polar surface area (TPSA) is 128 Å². The number of hydrogen-bond donors (Lipinski definition) is 5. The molecule has 9 heteroatoms. The Bertz CT molecular complexity index is 783.